The van der Waals surface area contributed by atoms with E-state index < -0.39 is 0 Å². The molecule has 5 nitrogen and oxygen atoms in total. The van der Waals surface area contributed by atoms with Gasteiger partial charge >= 0.3 is 0 Å². The fourth-order valence-electron chi connectivity index (χ4n) is 5.70. The van der Waals surface area contributed by atoms with Gasteiger partial charge in [-0.1, -0.05) is 84.4 Å². The monoisotopic (exact) mass is 507 g/mol. The molecule has 7 rings (SSSR count). The van der Waals surface area contributed by atoms with Crippen molar-refractivity contribution in [3.8, 4) is 0 Å². The molecule has 0 N–H and O–H groups in total. The van der Waals surface area contributed by atoms with Crippen molar-refractivity contribution in [3.05, 3.63) is 143 Å². The number of anilines is 2. The number of imide groups is 1. The highest BCUT2D eigenvalue weighted by atomic mass is 16.2. The molecule has 39 heavy (non-hydrogen) atoms. The molecule has 0 saturated heterocycles. The second-order valence-electron chi connectivity index (χ2n) is 10.0. The van der Waals surface area contributed by atoms with Gasteiger partial charge in [-0.05, 0) is 54.3 Å². The highest BCUT2D eigenvalue weighted by molar-refractivity contribution is 6.36. The van der Waals surface area contributed by atoms with Gasteiger partial charge in [-0.3, -0.25) is 14.6 Å². The van der Waals surface area contributed by atoms with Gasteiger partial charge in [-0.2, -0.15) is 5.10 Å². The van der Waals surface area contributed by atoms with Gasteiger partial charge in [0.2, 0.25) is 0 Å². The molecule has 0 bridgehead atoms. The predicted octanol–water partition coefficient (Wildman–Crippen LogP) is 7.30. The minimum Gasteiger partial charge on any atom is -0.268 e. The molecule has 5 aromatic rings. The van der Waals surface area contributed by atoms with Crippen LogP contribution in [-0.4, -0.2) is 17.5 Å². The van der Waals surface area contributed by atoms with E-state index in [2.05, 4.69) is 60.5 Å². The quantitative estimate of drug-likeness (QED) is 0.240. The van der Waals surface area contributed by atoms with Gasteiger partial charge in [-0.25, -0.2) is 4.90 Å². The van der Waals surface area contributed by atoms with Crippen LogP contribution in [0.5, 0.6) is 0 Å². The summed E-state index contributed by atoms with van der Waals surface area (Å²) in [4.78, 5) is 28.5. The summed E-state index contributed by atoms with van der Waals surface area (Å²) in [5.41, 5.74) is 6.90. The van der Waals surface area contributed by atoms with Crippen LogP contribution in [0.3, 0.4) is 0 Å². The standard InChI is InChI=1S/C34H25N3O2/c1-22-15-17-25(18-16-22)37-31(23-9-4-2-5-10-23)21-30(35-37)26-19-20-29-32-27(26)13-8-14-28(32)33(38)36(34(29)39)24-11-6-3-7-12-24/h2-20,31H,21H2,1H3. The largest absolute Gasteiger partial charge is 0.268 e. The SMILES string of the molecule is Cc1ccc(N2N=C(c3ccc4c5c(cccc35)C(=O)N(c3ccccc3)C4=O)CC2c2ccccc2)cc1. The second-order valence-corrected chi connectivity index (χ2v) is 10.0. The summed E-state index contributed by atoms with van der Waals surface area (Å²) < 4.78 is 0. The minimum absolute atomic E-state index is 0.0338. The van der Waals surface area contributed by atoms with Crippen LogP contribution in [0.2, 0.25) is 0 Å². The van der Waals surface area contributed by atoms with E-state index >= 15 is 0 Å². The lowest BCUT2D eigenvalue weighted by Crippen LogP contribution is -2.40. The van der Waals surface area contributed by atoms with Crippen LogP contribution in [0.25, 0.3) is 10.8 Å². The van der Waals surface area contributed by atoms with Gasteiger partial charge in [0, 0.05) is 28.5 Å². The fraction of sp³-hybridized carbons (Fsp3) is 0.0882. The normalized spacial score (nSPS) is 16.6. The van der Waals surface area contributed by atoms with Crippen molar-refractivity contribution >= 4 is 39.7 Å². The van der Waals surface area contributed by atoms with Crippen LogP contribution in [0.1, 0.15) is 49.9 Å². The summed E-state index contributed by atoms with van der Waals surface area (Å²) in [7, 11) is 0. The zero-order chi connectivity index (χ0) is 26.5. The highest BCUT2D eigenvalue weighted by Gasteiger charge is 2.36. The molecule has 2 amide bonds. The number of benzene rings is 5. The summed E-state index contributed by atoms with van der Waals surface area (Å²) in [6, 6.07) is 37.5. The third kappa shape index (κ3) is 3.74. The van der Waals surface area contributed by atoms with Crippen molar-refractivity contribution in [1.82, 2.24) is 0 Å². The summed E-state index contributed by atoms with van der Waals surface area (Å²) in [5, 5.41) is 8.80. The lowest BCUT2D eigenvalue weighted by Gasteiger charge is -2.27. The van der Waals surface area contributed by atoms with E-state index in [4.69, 9.17) is 5.10 Å². The first-order valence-electron chi connectivity index (χ1n) is 13.1. The number of hydrogen-bond donors (Lipinski definition) is 0. The Balaban J connectivity index is 1.36. The number of para-hydroxylation sites is 1. The molecular weight excluding hydrogens is 482 g/mol. The Hall–Kier alpha value is -5.03. The van der Waals surface area contributed by atoms with Crippen molar-refractivity contribution in [2.45, 2.75) is 19.4 Å². The number of carbonyl (C=O) groups excluding carboxylic acids is 2. The Bertz CT molecular complexity index is 1750. The van der Waals surface area contributed by atoms with Gasteiger partial charge in [0.05, 0.1) is 23.1 Å². The molecule has 188 valence electrons. The topological polar surface area (TPSA) is 53.0 Å². The van der Waals surface area contributed by atoms with Crippen molar-refractivity contribution in [3.63, 3.8) is 0 Å². The maximum atomic E-state index is 13.6. The zero-order valence-corrected chi connectivity index (χ0v) is 21.4. The summed E-state index contributed by atoms with van der Waals surface area (Å²) in [6.45, 7) is 2.08. The van der Waals surface area contributed by atoms with Gasteiger partial charge in [-0.15, -0.1) is 0 Å². The number of carbonyl (C=O) groups is 2. The van der Waals surface area contributed by atoms with Crippen LogP contribution in [0.4, 0.5) is 11.4 Å². The molecule has 0 aromatic heterocycles. The third-order valence-corrected chi connectivity index (χ3v) is 7.63. The van der Waals surface area contributed by atoms with E-state index in [1.54, 1.807) is 12.1 Å². The molecule has 0 fully saturated rings. The first-order chi connectivity index (χ1) is 19.1. The van der Waals surface area contributed by atoms with Gasteiger partial charge in [0.25, 0.3) is 11.8 Å². The van der Waals surface area contributed by atoms with E-state index in [1.165, 1.54) is 16.0 Å². The lowest BCUT2D eigenvalue weighted by atomic mass is 9.88. The number of hydrazone groups is 1. The Labute approximate surface area is 226 Å². The Morgan fingerprint density at radius 1 is 0.641 bits per heavy atom. The van der Waals surface area contributed by atoms with E-state index in [9.17, 15) is 9.59 Å². The average Bonchev–Trinajstić information content (AvgIpc) is 3.42. The van der Waals surface area contributed by atoms with E-state index in [1.807, 2.05) is 54.6 Å². The molecule has 0 radical (unpaired) electrons. The van der Waals surface area contributed by atoms with Crippen LogP contribution < -0.4 is 9.91 Å². The fourth-order valence-corrected chi connectivity index (χ4v) is 5.70. The molecule has 5 heteroatoms. The summed E-state index contributed by atoms with van der Waals surface area (Å²) in [6.07, 6.45) is 0.703. The Kier molecular flexibility index (Phi) is 5.37. The predicted molar refractivity (Wildman–Crippen MR) is 156 cm³/mol. The maximum Gasteiger partial charge on any atom is 0.265 e. The number of nitrogens with zero attached hydrogens (tertiary/aromatic N) is 3. The molecule has 1 unspecified atom stereocenters. The van der Waals surface area contributed by atoms with Crippen LogP contribution >= 0.6 is 0 Å². The van der Waals surface area contributed by atoms with Crippen LogP contribution in [-0.2, 0) is 0 Å². The Morgan fingerprint density at radius 2 is 1.28 bits per heavy atom. The molecule has 2 aliphatic rings. The van der Waals surface area contributed by atoms with Crippen molar-refractivity contribution in [1.29, 1.82) is 0 Å². The molecule has 0 aliphatic carbocycles. The van der Waals surface area contributed by atoms with Crippen molar-refractivity contribution in [2.24, 2.45) is 5.10 Å². The van der Waals surface area contributed by atoms with Gasteiger partial charge in [0.15, 0.2) is 0 Å². The third-order valence-electron chi connectivity index (χ3n) is 7.63. The Morgan fingerprint density at radius 3 is 2.00 bits per heavy atom. The smallest absolute Gasteiger partial charge is 0.265 e. The van der Waals surface area contributed by atoms with Crippen molar-refractivity contribution in [2.75, 3.05) is 9.91 Å². The molecular formula is C34H25N3O2. The first-order valence-corrected chi connectivity index (χ1v) is 13.1. The van der Waals surface area contributed by atoms with Crippen molar-refractivity contribution < 1.29 is 9.59 Å². The molecule has 2 heterocycles. The van der Waals surface area contributed by atoms with E-state index in [0.29, 0.717) is 28.6 Å². The second kappa shape index (κ2) is 9.07. The number of hydrogen-bond acceptors (Lipinski definition) is 4. The van der Waals surface area contributed by atoms with Crippen LogP contribution in [0.15, 0.2) is 120 Å². The minimum atomic E-state index is -0.307. The molecule has 0 saturated carbocycles. The first kappa shape index (κ1) is 23.1. The maximum absolute atomic E-state index is 13.6. The number of rotatable bonds is 4. The molecule has 0 spiro atoms. The summed E-state index contributed by atoms with van der Waals surface area (Å²) >= 11 is 0. The molecule has 2 aliphatic heterocycles. The lowest BCUT2D eigenvalue weighted by molar-refractivity contribution is 0.0893. The average molecular weight is 508 g/mol. The highest BCUT2D eigenvalue weighted by Crippen LogP contribution is 2.40. The molecule has 5 aromatic carbocycles. The number of aryl methyl sites for hydroxylation is 1. The van der Waals surface area contributed by atoms with E-state index in [-0.39, 0.29) is 17.9 Å². The van der Waals surface area contributed by atoms with Gasteiger partial charge in [0.1, 0.15) is 0 Å². The number of amides is 2. The van der Waals surface area contributed by atoms with Crippen LogP contribution in [0, 0.1) is 6.92 Å². The van der Waals surface area contributed by atoms with Gasteiger partial charge < -0.3 is 0 Å². The molecule has 1 atom stereocenters. The van der Waals surface area contributed by atoms with E-state index in [0.717, 1.165) is 22.3 Å². The summed E-state index contributed by atoms with van der Waals surface area (Å²) in [5.74, 6) is -0.614. The zero-order valence-electron chi connectivity index (χ0n) is 21.4.